The van der Waals surface area contributed by atoms with Gasteiger partial charge in [0, 0.05) is 16.0 Å². The first kappa shape index (κ1) is 21.8. The van der Waals surface area contributed by atoms with Gasteiger partial charge < -0.3 is 20.1 Å². The molecule has 0 radical (unpaired) electrons. The molecule has 2 heterocycles. The summed E-state index contributed by atoms with van der Waals surface area (Å²) in [5, 5.41) is 6.14. The summed E-state index contributed by atoms with van der Waals surface area (Å²) in [7, 11) is 1.50. The van der Waals surface area contributed by atoms with Crippen LogP contribution in [-0.2, 0) is 16.1 Å². The Balaban J connectivity index is 1.80. The Hall–Kier alpha value is -3.39. The Morgan fingerprint density at radius 2 is 1.91 bits per heavy atom. The largest absolute Gasteiger partial charge is 0.496 e. The molecule has 8 heteroatoms. The fourth-order valence-corrected chi connectivity index (χ4v) is 4.37. The topological polar surface area (TPSA) is 76.7 Å². The van der Waals surface area contributed by atoms with Crippen molar-refractivity contribution >= 4 is 34.6 Å². The first-order valence-electron chi connectivity index (χ1n) is 10.0. The Bertz CT molecular complexity index is 1220. The second kappa shape index (κ2) is 8.27. The van der Waals surface area contributed by atoms with Crippen LogP contribution in [0.15, 0.2) is 42.5 Å². The van der Waals surface area contributed by atoms with Gasteiger partial charge in [0.05, 0.1) is 18.5 Å². The number of hydrogen-bond donors (Lipinski definition) is 2. The molecule has 0 saturated heterocycles. The average Bonchev–Trinajstić information content (AvgIpc) is 3.19. The highest BCUT2D eigenvalue weighted by Gasteiger charge is 2.35. The van der Waals surface area contributed by atoms with E-state index in [1.165, 1.54) is 36.6 Å². The molecule has 6 nitrogen and oxygen atoms in total. The number of ether oxygens (including phenoxy) is 2. The van der Waals surface area contributed by atoms with Crippen LogP contribution in [0.25, 0.3) is 11.1 Å². The third-order valence-electron chi connectivity index (χ3n) is 5.31. The van der Waals surface area contributed by atoms with Crippen LogP contribution in [0.2, 0.25) is 0 Å². The van der Waals surface area contributed by atoms with Crippen LogP contribution in [0.1, 0.15) is 34.0 Å². The summed E-state index contributed by atoms with van der Waals surface area (Å²) in [5.74, 6) is -0.662. The van der Waals surface area contributed by atoms with E-state index in [0.717, 1.165) is 4.88 Å². The van der Waals surface area contributed by atoms with E-state index in [2.05, 4.69) is 10.6 Å². The molecule has 166 valence electrons. The summed E-state index contributed by atoms with van der Waals surface area (Å²) in [6, 6.07) is 11.4. The lowest BCUT2D eigenvalue weighted by molar-refractivity contribution is -0.119. The van der Waals surface area contributed by atoms with Gasteiger partial charge in [-0.05, 0) is 62.7 Å². The second-order valence-corrected chi connectivity index (χ2v) is 9.34. The molecule has 1 aromatic heterocycles. The molecule has 1 aliphatic heterocycles. The van der Waals surface area contributed by atoms with Crippen LogP contribution in [0.5, 0.6) is 5.75 Å². The molecule has 2 N–H and O–H groups in total. The summed E-state index contributed by atoms with van der Waals surface area (Å²) in [6.45, 7) is 5.34. The first-order chi connectivity index (χ1) is 15.2. The molecule has 0 aliphatic carbocycles. The summed E-state index contributed by atoms with van der Waals surface area (Å²) >= 11 is 1.34. The van der Waals surface area contributed by atoms with Crippen molar-refractivity contribution in [3.05, 3.63) is 63.6 Å². The number of halogens is 1. The monoisotopic (exact) mass is 454 g/mol. The maximum Gasteiger partial charge on any atom is 0.348 e. The predicted octanol–water partition coefficient (Wildman–Crippen LogP) is 5.37. The van der Waals surface area contributed by atoms with Crippen molar-refractivity contribution < 1.29 is 23.5 Å². The second-order valence-electron chi connectivity index (χ2n) is 8.05. The lowest BCUT2D eigenvalue weighted by atomic mass is 9.93. The Kier molecular flexibility index (Phi) is 5.64. The number of esters is 1. The minimum atomic E-state index is -0.812. The van der Waals surface area contributed by atoms with E-state index in [1.807, 2.05) is 19.1 Å². The molecule has 0 bridgehead atoms. The van der Waals surface area contributed by atoms with Crippen molar-refractivity contribution in [2.75, 3.05) is 17.7 Å². The summed E-state index contributed by atoms with van der Waals surface area (Å²) in [5.41, 5.74) is 2.00. The fourth-order valence-electron chi connectivity index (χ4n) is 3.60. The molecular formula is C24H23FN2O4S. The van der Waals surface area contributed by atoms with Crippen LogP contribution >= 0.6 is 11.3 Å². The van der Waals surface area contributed by atoms with Gasteiger partial charge in [0.2, 0.25) is 5.91 Å². The van der Waals surface area contributed by atoms with Gasteiger partial charge in [-0.25, -0.2) is 9.18 Å². The number of rotatable bonds is 5. The molecular weight excluding hydrogens is 431 g/mol. The van der Waals surface area contributed by atoms with E-state index in [4.69, 9.17) is 9.47 Å². The number of hydrogen-bond acceptors (Lipinski definition) is 6. The number of carbonyl (C=O) groups is 2. The number of methoxy groups -OCH3 is 1. The number of carbonyl (C=O) groups excluding carboxylic acids is 2. The number of nitrogens with one attached hydrogen (secondary N) is 2. The smallest absolute Gasteiger partial charge is 0.348 e. The molecule has 2 aromatic carbocycles. The fraction of sp³-hybridized carbons (Fsp3) is 0.250. The SMILES string of the molecule is COc1ccc(F)cc1-c1ccc2c(c1COC(=O)c1ccc(C)s1)NC(=O)C(C)(C)N2. The molecule has 0 spiro atoms. The number of thiophene rings is 1. The highest BCUT2D eigenvalue weighted by Crippen LogP contribution is 2.42. The van der Waals surface area contributed by atoms with Crippen LogP contribution in [-0.4, -0.2) is 24.5 Å². The molecule has 4 rings (SSSR count). The average molecular weight is 455 g/mol. The van der Waals surface area contributed by atoms with Crippen LogP contribution in [0, 0.1) is 12.7 Å². The zero-order valence-corrected chi connectivity index (χ0v) is 19.0. The van der Waals surface area contributed by atoms with Crippen molar-refractivity contribution in [1.82, 2.24) is 0 Å². The van der Waals surface area contributed by atoms with E-state index in [-0.39, 0.29) is 12.5 Å². The van der Waals surface area contributed by atoms with E-state index in [9.17, 15) is 14.0 Å². The molecule has 0 atom stereocenters. The maximum atomic E-state index is 14.1. The third kappa shape index (κ3) is 4.05. The number of anilines is 2. The molecule has 32 heavy (non-hydrogen) atoms. The highest BCUT2D eigenvalue weighted by molar-refractivity contribution is 7.13. The van der Waals surface area contributed by atoms with E-state index < -0.39 is 17.3 Å². The first-order valence-corrected chi connectivity index (χ1v) is 10.8. The normalized spacial score (nSPS) is 14.2. The molecule has 3 aromatic rings. The van der Waals surface area contributed by atoms with Gasteiger partial charge in [0.15, 0.2) is 0 Å². The lowest BCUT2D eigenvalue weighted by Gasteiger charge is -2.34. The summed E-state index contributed by atoms with van der Waals surface area (Å²) in [6.07, 6.45) is 0. The van der Waals surface area contributed by atoms with E-state index in [0.29, 0.717) is 38.7 Å². The zero-order valence-electron chi connectivity index (χ0n) is 18.2. The van der Waals surface area contributed by atoms with Gasteiger partial charge >= 0.3 is 5.97 Å². The van der Waals surface area contributed by atoms with Crippen molar-refractivity contribution in [2.45, 2.75) is 32.9 Å². The van der Waals surface area contributed by atoms with Crippen LogP contribution in [0.3, 0.4) is 0 Å². The third-order valence-corrected chi connectivity index (χ3v) is 6.29. The molecule has 0 fully saturated rings. The van der Waals surface area contributed by atoms with Crippen molar-refractivity contribution in [3.8, 4) is 16.9 Å². The van der Waals surface area contributed by atoms with Crippen LogP contribution in [0.4, 0.5) is 15.8 Å². The summed E-state index contributed by atoms with van der Waals surface area (Å²) < 4.78 is 25.2. The Labute approximate surface area is 189 Å². The Morgan fingerprint density at radius 3 is 2.59 bits per heavy atom. The van der Waals surface area contributed by atoms with Gasteiger partial charge in [-0.2, -0.15) is 0 Å². The van der Waals surface area contributed by atoms with E-state index >= 15 is 0 Å². The van der Waals surface area contributed by atoms with E-state index in [1.54, 1.807) is 26.0 Å². The van der Waals surface area contributed by atoms with Gasteiger partial charge in [0.1, 0.15) is 28.6 Å². The Morgan fingerprint density at radius 1 is 1.12 bits per heavy atom. The number of amides is 1. The van der Waals surface area contributed by atoms with Crippen molar-refractivity contribution in [2.24, 2.45) is 0 Å². The van der Waals surface area contributed by atoms with Crippen molar-refractivity contribution in [3.63, 3.8) is 0 Å². The minimum absolute atomic E-state index is 0.115. The highest BCUT2D eigenvalue weighted by atomic mass is 32.1. The van der Waals surface area contributed by atoms with Gasteiger partial charge in [0.25, 0.3) is 0 Å². The van der Waals surface area contributed by atoms with Gasteiger partial charge in [-0.1, -0.05) is 6.07 Å². The standard InChI is InChI=1S/C24H23FN2O4S/c1-13-5-10-20(32-13)22(28)31-12-17-15(16-11-14(25)6-9-19(16)30-4)7-8-18-21(17)26-23(29)24(2,3)27-18/h5-11,27H,12H2,1-4H3,(H,26,29). The van der Waals surface area contributed by atoms with Gasteiger partial charge in [-0.3, -0.25) is 4.79 Å². The lowest BCUT2D eigenvalue weighted by Crippen LogP contribution is -2.47. The molecule has 0 unspecified atom stereocenters. The molecule has 1 amide bonds. The number of benzene rings is 2. The maximum absolute atomic E-state index is 14.1. The predicted molar refractivity (Wildman–Crippen MR) is 123 cm³/mol. The quantitative estimate of drug-likeness (QED) is 0.507. The molecule has 1 aliphatic rings. The minimum Gasteiger partial charge on any atom is -0.496 e. The zero-order chi connectivity index (χ0) is 23.0. The van der Waals surface area contributed by atoms with Gasteiger partial charge in [-0.15, -0.1) is 11.3 Å². The van der Waals surface area contributed by atoms with Crippen molar-refractivity contribution in [1.29, 1.82) is 0 Å². The number of fused-ring (bicyclic) bond motifs is 1. The summed E-state index contributed by atoms with van der Waals surface area (Å²) in [4.78, 5) is 26.7. The van der Waals surface area contributed by atoms with Crippen LogP contribution < -0.4 is 15.4 Å². The molecule has 0 saturated carbocycles. The number of aryl methyl sites for hydroxylation is 1.